The lowest BCUT2D eigenvalue weighted by Crippen LogP contribution is -2.23. The lowest BCUT2D eigenvalue weighted by molar-refractivity contribution is -0.121. The number of thiophene rings is 1. The Morgan fingerprint density at radius 2 is 1.77 bits per heavy atom. The molecule has 0 spiro atoms. The number of benzene rings is 2. The number of thioether (sulfide) groups is 1. The first kappa shape index (κ1) is 20.1. The van der Waals surface area contributed by atoms with E-state index in [1.807, 2.05) is 6.08 Å². The number of rotatable bonds is 4. The molecule has 1 aliphatic rings. The van der Waals surface area contributed by atoms with Crippen molar-refractivity contribution in [1.29, 1.82) is 0 Å². The third kappa shape index (κ3) is 4.22. The maximum Gasteiger partial charge on any atom is 0.335 e. The monoisotopic (exact) mass is 434 g/mol. The Kier molecular flexibility index (Phi) is 5.57. The van der Waals surface area contributed by atoms with Gasteiger partial charge in [-0.3, -0.25) is 9.69 Å². The molecule has 0 saturated carbocycles. The number of likely N-dealkylation sites (N-methyl/N-ethyl adjacent to an activating group) is 1. The van der Waals surface area contributed by atoms with Gasteiger partial charge in [0.2, 0.25) is 0 Å². The maximum atomic E-state index is 12.7. The molecule has 1 N–H and O–H groups in total. The topological polar surface area (TPSA) is 70.0 Å². The van der Waals surface area contributed by atoms with E-state index in [0.717, 1.165) is 16.0 Å². The highest BCUT2D eigenvalue weighted by Crippen LogP contribution is 2.35. The molecule has 0 unspecified atom stereocenters. The molecule has 3 aromatic rings. The number of aliphatic imine (C=N–C) groups is 1. The zero-order valence-corrected chi connectivity index (χ0v) is 18.0. The van der Waals surface area contributed by atoms with Gasteiger partial charge in [0.15, 0.2) is 5.17 Å². The van der Waals surface area contributed by atoms with E-state index in [1.54, 1.807) is 30.5 Å². The van der Waals surface area contributed by atoms with Crippen LogP contribution in [0.5, 0.6) is 0 Å². The van der Waals surface area contributed by atoms with E-state index in [4.69, 9.17) is 5.11 Å². The summed E-state index contributed by atoms with van der Waals surface area (Å²) in [6, 6.07) is 16.7. The first-order valence-corrected chi connectivity index (χ1v) is 10.9. The number of carboxylic acids is 1. The molecule has 150 valence electrons. The predicted molar refractivity (Wildman–Crippen MR) is 123 cm³/mol. The highest BCUT2D eigenvalue weighted by atomic mass is 32.2. The second-order valence-corrected chi connectivity index (χ2v) is 8.78. The van der Waals surface area contributed by atoms with Crippen molar-refractivity contribution in [1.82, 2.24) is 4.90 Å². The zero-order valence-electron chi connectivity index (χ0n) is 16.3. The van der Waals surface area contributed by atoms with E-state index in [-0.39, 0.29) is 11.5 Å². The molecule has 0 radical (unpaired) electrons. The van der Waals surface area contributed by atoms with Crippen LogP contribution in [-0.2, 0) is 4.79 Å². The number of amidine groups is 1. The van der Waals surface area contributed by atoms with Crippen molar-refractivity contribution in [2.24, 2.45) is 4.99 Å². The number of carbonyl (C=O) groups excluding carboxylic acids is 1. The minimum atomic E-state index is -0.983. The molecule has 1 aliphatic heterocycles. The molecule has 2 heterocycles. The molecule has 4 rings (SSSR count). The van der Waals surface area contributed by atoms with Crippen molar-refractivity contribution < 1.29 is 14.7 Å². The molecule has 1 aromatic heterocycles. The number of amides is 1. The smallest absolute Gasteiger partial charge is 0.335 e. The van der Waals surface area contributed by atoms with Crippen molar-refractivity contribution in [3.05, 3.63) is 80.9 Å². The van der Waals surface area contributed by atoms with Crippen LogP contribution in [0.3, 0.4) is 0 Å². The van der Waals surface area contributed by atoms with Gasteiger partial charge in [0.1, 0.15) is 0 Å². The number of nitrogens with zero attached hydrogens (tertiary/aromatic N) is 2. The summed E-state index contributed by atoms with van der Waals surface area (Å²) in [4.78, 5) is 31.2. The van der Waals surface area contributed by atoms with Gasteiger partial charge >= 0.3 is 5.97 Å². The molecule has 0 aliphatic carbocycles. The Morgan fingerprint density at radius 1 is 1.07 bits per heavy atom. The Hall–Kier alpha value is -3.16. The minimum Gasteiger partial charge on any atom is -0.478 e. The van der Waals surface area contributed by atoms with Crippen LogP contribution < -0.4 is 0 Å². The van der Waals surface area contributed by atoms with Crippen LogP contribution in [0.4, 0.5) is 5.69 Å². The highest BCUT2D eigenvalue weighted by Gasteiger charge is 2.30. The fraction of sp³-hybridized carbons (Fsp3) is 0.0870. The largest absolute Gasteiger partial charge is 0.478 e. The molecule has 1 amide bonds. The summed E-state index contributed by atoms with van der Waals surface area (Å²) in [5, 5.41) is 11.6. The van der Waals surface area contributed by atoms with Crippen LogP contribution in [0, 0.1) is 6.92 Å². The summed E-state index contributed by atoms with van der Waals surface area (Å²) in [5.41, 5.74) is 4.29. The van der Waals surface area contributed by atoms with Gasteiger partial charge in [0, 0.05) is 11.9 Å². The van der Waals surface area contributed by atoms with Crippen molar-refractivity contribution >= 4 is 51.9 Å². The molecule has 0 bridgehead atoms. The van der Waals surface area contributed by atoms with Crippen LogP contribution >= 0.6 is 23.1 Å². The van der Waals surface area contributed by atoms with Gasteiger partial charge < -0.3 is 5.11 Å². The second-order valence-electron chi connectivity index (χ2n) is 6.83. The number of hydrogen-bond acceptors (Lipinski definition) is 5. The van der Waals surface area contributed by atoms with Crippen molar-refractivity contribution in [2.75, 3.05) is 7.05 Å². The number of hydrogen-bond donors (Lipinski definition) is 1. The zero-order chi connectivity index (χ0) is 21.3. The van der Waals surface area contributed by atoms with Gasteiger partial charge in [-0.25, -0.2) is 9.79 Å². The van der Waals surface area contributed by atoms with E-state index in [0.29, 0.717) is 15.8 Å². The molecule has 7 heteroatoms. The summed E-state index contributed by atoms with van der Waals surface area (Å²) in [6.07, 6.45) is 1.89. The highest BCUT2D eigenvalue weighted by molar-refractivity contribution is 8.18. The van der Waals surface area contributed by atoms with E-state index >= 15 is 0 Å². The Labute approximate surface area is 182 Å². The Bertz CT molecular complexity index is 1180. The number of carboxylic acid groups (broad SMARTS) is 1. The normalized spacial score (nSPS) is 16.6. The van der Waals surface area contributed by atoms with E-state index in [1.165, 1.54) is 34.4 Å². The molecular weight excluding hydrogens is 416 g/mol. The summed E-state index contributed by atoms with van der Waals surface area (Å²) >= 11 is 2.90. The molecule has 5 nitrogen and oxygen atoms in total. The quantitative estimate of drug-likeness (QED) is 0.538. The van der Waals surface area contributed by atoms with Crippen molar-refractivity contribution in [3.8, 4) is 11.1 Å². The van der Waals surface area contributed by atoms with Gasteiger partial charge in [0.25, 0.3) is 5.91 Å². The third-order valence-electron chi connectivity index (χ3n) is 4.62. The van der Waals surface area contributed by atoms with Gasteiger partial charge in [-0.2, -0.15) is 0 Å². The third-order valence-corrected chi connectivity index (χ3v) is 6.56. The summed E-state index contributed by atoms with van der Waals surface area (Å²) in [6.45, 7) is 2.06. The minimum absolute atomic E-state index is 0.105. The van der Waals surface area contributed by atoms with Gasteiger partial charge in [-0.15, -0.1) is 11.3 Å². The lowest BCUT2D eigenvalue weighted by Gasteiger charge is -2.07. The lowest BCUT2D eigenvalue weighted by atomic mass is 10.1. The average Bonchev–Trinajstić information content (AvgIpc) is 3.30. The molecule has 0 atom stereocenters. The van der Waals surface area contributed by atoms with Crippen LogP contribution in [0.2, 0.25) is 0 Å². The predicted octanol–water partition coefficient (Wildman–Crippen LogP) is 5.66. The first-order chi connectivity index (χ1) is 14.4. The Balaban J connectivity index is 1.55. The Morgan fingerprint density at radius 3 is 2.43 bits per heavy atom. The van der Waals surface area contributed by atoms with E-state index in [9.17, 15) is 9.59 Å². The molecule has 1 saturated heterocycles. The number of aryl methyl sites for hydroxylation is 1. The van der Waals surface area contributed by atoms with Crippen LogP contribution in [0.15, 0.2) is 69.9 Å². The summed E-state index contributed by atoms with van der Waals surface area (Å²) < 4.78 is 0. The van der Waals surface area contributed by atoms with Crippen molar-refractivity contribution in [3.63, 3.8) is 0 Å². The fourth-order valence-corrected chi connectivity index (χ4v) is 4.80. The number of carbonyl (C=O) groups is 2. The average molecular weight is 435 g/mol. The molecule has 30 heavy (non-hydrogen) atoms. The van der Waals surface area contributed by atoms with Crippen molar-refractivity contribution in [2.45, 2.75) is 6.92 Å². The standard InChI is InChI=1S/C23H18N2O3S2/c1-14-3-5-15(6-4-14)17-11-19(29-13-17)12-20-21(26)25(2)23(30-20)24-18-9-7-16(8-10-18)22(27)28/h3-13H,1-2H3,(H,27,28). The van der Waals surface area contributed by atoms with E-state index in [2.05, 4.69) is 47.6 Å². The van der Waals surface area contributed by atoms with Gasteiger partial charge in [-0.05, 0) is 71.6 Å². The SMILES string of the molecule is Cc1ccc(-c2csc(C=C3SC(=Nc4ccc(C(=O)O)cc4)N(C)C3=O)c2)cc1. The summed E-state index contributed by atoms with van der Waals surface area (Å²) in [7, 11) is 1.69. The summed E-state index contributed by atoms with van der Waals surface area (Å²) in [5.74, 6) is -1.09. The van der Waals surface area contributed by atoms with E-state index < -0.39 is 5.97 Å². The maximum absolute atomic E-state index is 12.7. The van der Waals surface area contributed by atoms with Crippen LogP contribution in [-0.4, -0.2) is 34.1 Å². The second kappa shape index (κ2) is 8.30. The van der Waals surface area contributed by atoms with Gasteiger partial charge in [0.05, 0.1) is 16.2 Å². The molecule has 2 aromatic carbocycles. The van der Waals surface area contributed by atoms with Crippen LogP contribution in [0.1, 0.15) is 20.8 Å². The molecular formula is C23H18N2O3S2. The molecule has 1 fully saturated rings. The fourth-order valence-electron chi connectivity index (χ4n) is 2.90. The first-order valence-electron chi connectivity index (χ1n) is 9.16. The number of aromatic carboxylic acids is 1. The van der Waals surface area contributed by atoms with Crippen LogP contribution in [0.25, 0.3) is 17.2 Å². The van der Waals surface area contributed by atoms with Gasteiger partial charge in [-0.1, -0.05) is 29.8 Å².